The minimum absolute atomic E-state index is 0.00458. The van der Waals surface area contributed by atoms with Crippen LogP contribution in [0.1, 0.15) is 0 Å². The van der Waals surface area contributed by atoms with E-state index in [-0.39, 0.29) is 5.56 Å². The van der Waals surface area contributed by atoms with Crippen molar-refractivity contribution < 1.29 is 0 Å². The first-order chi connectivity index (χ1) is 5.79. The van der Waals surface area contributed by atoms with Gasteiger partial charge in [-0.3, -0.25) is 4.79 Å². The quantitative estimate of drug-likeness (QED) is 0.567. The number of hydrogen-bond donors (Lipinski definition) is 0. The van der Waals surface area contributed by atoms with E-state index in [0.29, 0.717) is 0 Å². The molecule has 12 heavy (non-hydrogen) atoms. The van der Waals surface area contributed by atoms with Crippen LogP contribution in [0.25, 0.3) is 10.9 Å². The van der Waals surface area contributed by atoms with Crippen LogP contribution in [0.3, 0.4) is 0 Å². The van der Waals surface area contributed by atoms with Crippen LogP contribution in [0.4, 0.5) is 0 Å². The van der Waals surface area contributed by atoms with Crippen LogP contribution < -0.4 is 5.56 Å². The summed E-state index contributed by atoms with van der Waals surface area (Å²) in [4.78, 5) is 11.2. The first-order valence-electron chi connectivity index (χ1n) is 3.75. The second kappa shape index (κ2) is 2.48. The van der Waals surface area contributed by atoms with E-state index in [9.17, 15) is 4.79 Å². The van der Waals surface area contributed by atoms with Crippen molar-refractivity contribution in [2.24, 2.45) is 7.05 Å². The number of para-hydroxylation sites is 1. The molecule has 1 aromatic carbocycles. The van der Waals surface area contributed by atoms with Gasteiger partial charge in [-0.15, -0.1) is 0 Å². The number of rotatable bonds is 0. The molecule has 0 fully saturated rings. The van der Waals surface area contributed by atoms with E-state index < -0.39 is 0 Å². The van der Waals surface area contributed by atoms with Gasteiger partial charge in [-0.05, 0) is 11.5 Å². The van der Waals surface area contributed by atoms with E-state index in [4.69, 9.17) is 0 Å². The third-order valence-electron chi connectivity index (χ3n) is 1.94. The van der Waals surface area contributed by atoms with Crippen molar-refractivity contribution in [2.75, 3.05) is 0 Å². The lowest BCUT2D eigenvalue weighted by atomic mass is 10.2. The Hall–Kier alpha value is -1.57. The fourth-order valence-electron chi connectivity index (χ4n) is 1.25. The molecular weight excluding hydrogens is 150 g/mol. The molecule has 0 aliphatic heterocycles. The molecular formula is C10H8NO. The maximum absolute atomic E-state index is 11.2. The van der Waals surface area contributed by atoms with Crippen LogP contribution in [0.15, 0.2) is 35.1 Å². The lowest BCUT2D eigenvalue weighted by Gasteiger charge is -2.01. The van der Waals surface area contributed by atoms with Crippen LogP contribution in [0.5, 0.6) is 0 Å². The van der Waals surface area contributed by atoms with Crippen molar-refractivity contribution in [3.63, 3.8) is 0 Å². The molecule has 1 radical (unpaired) electrons. The molecule has 0 N–H and O–H groups in total. The van der Waals surface area contributed by atoms with Crippen molar-refractivity contribution in [1.82, 2.24) is 4.57 Å². The zero-order chi connectivity index (χ0) is 8.55. The van der Waals surface area contributed by atoms with Crippen molar-refractivity contribution in [2.45, 2.75) is 0 Å². The Bertz CT molecular complexity index is 470. The smallest absolute Gasteiger partial charge is 0.250 e. The predicted octanol–water partition coefficient (Wildman–Crippen LogP) is 1.34. The zero-order valence-corrected chi connectivity index (χ0v) is 6.74. The summed E-state index contributed by atoms with van der Waals surface area (Å²) in [6.45, 7) is 0. The molecule has 0 aliphatic carbocycles. The van der Waals surface area contributed by atoms with Crippen LogP contribution in [0.2, 0.25) is 0 Å². The second-order valence-corrected chi connectivity index (χ2v) is 2.70. The molecule has 2 rings (SSSR count). The van der Waals surface area contributed by atoms with Gasteiger partial charge in [-0.25, -0.2) is 0 Å². The zero-order valence-electron chi connectivity index (χ0n) is 6.74. The number of aryl methyl sites for hydroxylation is 1. The van der Waals surface area contributed by atoms with Gasteiger partial charge in [0.2, 0.25) is 0 Å². The summed E-state index contributed by atoms with van der Waals surface area (Å²) < 4.78 is 1.59. The monoisotopic (exact) mass is 158 g/mol. The lowest BCUT2D eigenvalue weighted by molar-refractivity contribution is 0.905. The molecule has 2 aromatic rings. The third-order valence-corrected chi connectivity index (χ3v) is 1.94. The number of hydrogen-bond acceptors (Lipinski definition) is 1. The molecule has 0 saturated heterocycles. The van der Waals surface area contributed by atoms with Gasteiger partial charge in [0.25, 0.3) is 5.56 Å². The van der Waals surface area contributed by atoms with Crippen LogP contribution in [-0.2, 0) is 7.05 Å². The summed E-state index contributed by atoms with van der Waals surface area (Å²) in [7, 11) is 1.75. The highest BCUT2D eigenvalue weighted by atomic mass is 16.1. The maximum atomic E-state index is 11.2. The topological polar surface area (TPSA) is 22.0 Å². The number of fused-ring (bicyclic) bond motifs is 1. The molecule has 0 aliphatic rings. The Balaban J connectivity index is 3.01. The van der Waals surface area contributed by atoms with Crippen LogP contribution >= 0.6 is 0 Å². The first-order valence-corrected chi connectivity index (χ1v) is 3.75. The predicted molar refractivity (Wildman–Crippen MR) is 48.0 cm³/mol. The third kappa shape index (κ3) is 0.925. The molecule has 0 saturated carbocycles. The molecule has 0 spiro atoms. The number of benzene rings is 1. The molecule has 0 atom stereocenters. The van der Waals surface area contributed by atoms with E-state index in [1.54, 1.807) is 17.7 Å². The maximum Gasteiger partial charge on any atom is 0.250 e. The van der Waals surface area contributed by atoms with Gasteiger partial charge < -0.3 is 4.57 Å². The average Bonchev–Trinajstić information content (AvgIpc) is 2.12. The van der Waals surface area contributed by atoms with Gasteiger partial charge in [0.05, 0.1) is 5.52 Å². The van der Waals surface area contributed by atoms with E-state index in [1.165, 1.54) is 0 Å². The fraction of sp³-hybridized carbons (Fsp3) is 0.100. The fourth-order valence-corrected chi connectivity index (χ4v) is 1.25. The Kier molecular flexibility index (Phi) is 1.47. The van der Waals surface area contributed by atoms with Crippen molar-refractivity contribution in [1.29, 1.82) is 0 Å². The molecule has 1 heterocycles. The highest BCUT2D eigenvalue weighted by Crippen LogP contribution is 2.08. The van der Waals surface area contributed by atoms with Gasteiger partial charge in [0.15, 0.2) is 0 Å². The SMILES string of the molecule is Cn1c(=O)ccc2ccc[c]c21. The van der Waals surface area contributed by atoms with E-state index in [2.05, 4.69) is 6.07 Å². The summed E-state index contributed by atoms with van der Waals surface area (Å²) in [5.41, 5.74) is 0.856. The van der Waals surface area contributed by atoms with Gasteiger partial charge in [0, 0.05) is 19.2 Å². The van der Waals surface area contributed by atoms with Crippen molar-refractivity contribution in [3.8, 4) is 0 Å². The van der Waals surface area contributed by atoms with Gasteiger partial charge >= 0.3 is 0 Å². The van der Waals surface area contributed by atoms with Crippen LogP contribution in [0, 0.1) is 6.07 Å². The summed E-state index contributed by atoms with van der Waals surface area (Å²) in [6.07, 6.45) is 0. The molecule has 59 valence electrons. The molecule has 1 aromatic heterocycles. The lowest BCUT2D eigenvalue weighted by Crippen LogP contribution is -2.14. The van der Waals surface area contributed by atoms with Gasteiger partial charge in [-0.2, -0.15) is 0 Å². The number of nitrogens with zero attached hydrogens (tertiary/aromatic N) is 1. The molecule has 0 bridgehead atoms. The van der Waals surface area contributed by atoms with Crippen molar-refractivity contribution in [3.05, 3.63) is 46.8 Å². The van der Waals surface area contributed by atoms with Gasteiger partial charge in [0.1, 0.15) is 0 Å². The minimum atomic E-state index is 0.00458. The molecule has 0 amide bonds. The second-order valence-electron chi connectivity index (χ2n) is 2.70. The van der Waals surface area contributed by atoms with E-state index >= 15 is 0 Å². The number of aromatic nitrogens is 1. The molecule has 0 unspecified atom stereocenters. The summed E-state index contributed by atoms with van der Waals surface area (Å²) in [6, 6.07) is 12.1. The minimum Gasteiger partial charge on any atom is -0.311 e. The van der Waals surface area contributed by atoms with Crippen molar-refractivity contribution >= 4 is 10.9 Å². The number of pyridine rings is 1. The van der Waals surface area contributed by atoms with Crippen LogP contribution in [-0.4, -0.2) is 4.57 Å². The highest BCUT2D eigenvalue weighted by molar-refractivity contribution is 5.77. The Labute approximate surface area is 70.1 Å². The van der Waals surface area contributed by atoms with Gasteiger partial charge in [-0.1, -0.05) is 18.2 Å². The Morgan fingerprint density at radius 3 is 3.00 bits per heavy atom. The van der Waals surface area contributed by atoms with E-state index in [1.807, 2.05) is 24.3 Å². The largest absolute Gasteiger partial charge is 0.311 e. The summed E-state index contributed by atoms with van der Waals surface area (Å²) in [5, 5.41) is 1.04. The molecule has 2 heteroatoms. The average molecular weight is 158 g/mol. The first kappa shape index (κ1) is 7.10. The molecule has 2 nitrogen and oxygen atoms in total. The Morgan fingerprint density at radius 1 is 1.33 bits per heavy atom. The Morgan fingerprint density at radius 2 is 2.17 bits per heavy atom. The summed E-state index contributed by atoms with van der Waals surface area (Å²) >= 11 is 0. The highest BCUT2D eigenvalue weighted by Gasteiger charge is 1.95. The standard InChI is InChI=1S/C10H8NO/c1-11-9-5-3-2-4-8(9)6-7-10(11)12/h2-4,6-7H,1H3. The van der Waals surface area contributed by atoms with E-state index in [0.717, 1.165) is 10.9 Å². The normalized spacial score (nSPS) is 10.4. The summed E-state index contributed by atoms with van der Waals surface area (Å²) in [5.74, 6) is 0.